The maximum absolute atomic E-state index is 5.34. The molecule has 3 N–H and O–H groups in total. The molecule has 0 aliphatic carbocycles. The molecule has 0 spiro atoms. The normalized spacial score (nSPS) is 10.6. The molecule has 1 rings (SSSR count). The van der Waals surface area contributed by atoms with Crippen LogP contribution in [0.25, 0.3) is 0 Å². The van der Waals surface area contributed by atoms with Crippen molar-refractivity contribution in [2.24, 2.45) is 11.8 Å². The minimum atomic E-state index is 0.602. The molecule has 0 fully saturated rings. The van der Waals surface area contributed by atoms with Crippen LogP contribution in [0.4, 0.5) is 11.6 Å². The average molecular weight is 237 g/mol. The number of nitrogen functional groups attached to an aromatic ring is 1. The van der Waals surface area contributed by atoms with Crippen LogP contribution in [-0.2, 0) is 0 Å². The summed E-state index contributed by atoms with van der Waals surface area (Å²) in [5.74, 6) is 7.53. The molecule has 0 bridgehead atoms. The van der Waals surface area contributed by atoms with Crippen molar-refractivity contribution in [3.63, 3.8) is 0 Å². The number of aromatic nitrogens is 2. The molecule has 5 nitrogen and oxygen atoms in total. The molecule has 0 atom stereocenters. The molecule has 0 aromatic carbocycles. The highest BCUT2D eigenvalue weighted by molar-refractivity contribution is 5.43. The van der Waals surface area contributed by atoms with Crippen LogP contribution in [0.3, 0.4) is 0 Å². The van der Waals surface area contributed by atoms with Gasteiger partial charge in [-0.3, -0.25) is 4.98 Å². The second-order valence-electron chi connectivity index (χ2n) is 4.13. The Kier molecular flexibility index (Phi) is 5.69. The number of hydrogen-bond donors (Lipinski definition) is 2. The van der Waals surface area contributed by atoms with Crippen molar-refractivity contribution in [2.75, 3.05) is 23.4 Å². The van der Waals surface area contributed by atoms with E-state index in [1.807, 2.05) is 0 Å². The number of rotatable bonds is 7. The Morgan fingerprint density at radius 3 is 2.53 bits per heavy atom. The van der Waals surface area contributed by atoms with E-state index in [1.54, 1.807) is 12.4 Å². The number of nitrogens with zero attached hydrogens (tertiary/aromatic N) is 3. The van der Waals surface area contributed by atoms with Crippen molar-refractivity contribution < 1.29 is 0 Å². The average Bonchev–Trinajstić information content (AvgIpc) is 2.40. The van der Waals surface area contributed by atoms with Crippen molar-refractivity contribution in [1.82, 2.24) is 9.97 Å². The van der Waals surface area contributed by atoms with Gasteiger partial charge in [-0.15, -0.1) is 0 Å². The summed E-state index contributed by atoms with van der Waals surface area (Å²) in [7, 11) is 0. The van der Waals surface area contributed by atoms with Crippen molar-refractivity contribution >= 4 is 11.6 Å². The van der Waals surface area contributed by atoms with Gasteiger partial charge in [0.05, 0.1) is 12.4 Å². The molecule has 0 saturated heterocycles. The van der Waals surface area contributed by atoms with Crippen LogP contribution in [0.1, 0.15) is 33.6 Å². The lowest BCUT2D eigenvalue weighted by Crippen LogP contribution is -2.30. The van der Waals surface area contributed by atoms with E-state index in [4.69, 9.17) is 5.84 Å². The minimum Gasteiger partial charge on any atom is -0.355 e. The number of hydrazine groups is 1. The van der Waals surface area contributed by atoms with Gasteiger partial charge in [-0.05, 0) is 12.8 Å². The first-order chi connectivity index (χ1) is 8.24. The van der Waals surface area contributed by atoms with Crippen molar-refractivity contribution in [3.8, 4) is 0 Å². The van der Waals surface area contributed by atoms with E-state index in [1.165, 1.54) is 12.8 Å². The van der Waals surface area contributed by atoms with Gasteiger partial charge in [0.15, 0.2) is 5.82 Å². The van der Waals surface area contributed by atoms with E-state index in [2.05, 4.69) is 41.1 Å². The van der Waals surface area contributed by atoms with E-state index in [9.17, 15) is 0 Å². The summed E-state index contributed by atoms with van der Waals surface area (Å²) in [5, 5.41) is 0. The van der Waals surface area contributed by atoms with Gasteiger partial charge in [0.25, 0.3) is 0 Å². The fourth-order valence-electron chi connectivity index (χ4n) is 1.82. The molecular weight excluding hydrogens is 214 g/mol. The first-order valence-corrected chi connectivity index (χ1v) is 6.28. The quantitative estimate of drug-likeness (QED) is 0.561. The molecule has 0 amide bonds. The van der Waals surface area contributed by atoms with Crippen LogP contribution in [0.15, 0.2) is 12.4 Å². The van der Waals surface area contributed by atoms with Crippen LogP contribution in [0.2, 0.25) is 0 Å². The first-order valence-electron chi connectivity index (χ1n) is 6.28. The Labute approximate surface area is 103 Å². The summed E-state index contributed by atoms with van der Waals surface area (Å²) >= 11 is 0. The monoisotopic (exact) mass is 237 g/mol. The van der Waals surface area contributed by atoms with E-state index >= 15 is 0 Å². The molecule has 0 radical (unpaired) electrons. The highest BCUT2D eigenvalue weighted by atomic mass is 15.3. The zero-order valence-corrected chi connectivity index (χ0v) is 11.0. The van der Waals surface area contributed by atoms with Gasteiger partial charge in [-0.2, -0.15) is 0 Å². The van der Waals surface area contributed by atoms with Crippen molar-refractivity contribution in [3.05, 3.63) is 12.4 Å². The Balaban J connectivity index is 2.77. The van der Waals surface area contributed by atoms with E-state index in [0.717, 1.165) is 18.9 Å². The molecule has 17 heavy (non-hydrogen) atoms. The Morgan fingerprint density at radius 2 is 2.00 bits per heavy atom. The Hall–Kier alpha value is -1.36. The second-order valence-corrected chi connectivity index (χ2v) is 4.13. The number of hydrogen-bond acceptors (Lipinski definition) is 5. The zero-order valence-electron chi connectivity index (χ0n) is 11.0. The smallest absolute Gasteiger partial charge is 0.160 e. The third kappa shape index (κ3) is 3.85. The van der Waals surface area contributed by atoms with E-state index in [-0.39, 0.29) is 0 Å². The van der Waals surface area contributed by atoms with E-state index < -0.39 is 0 Å². The molecule has 0 aliphatic rings. The van der Waals surface area contributed by atoms with Crippen molar-refractivity contribution in [1.29, 1.82) is 0 Å². The largest absolute Gasteiger partial charge is 0.355 e. The third-order valence-electron chi connectivity index (χ3n) is 3.11. The molecule has 0 unspecified atom stereocenters. The fourth-order valence-corrected chi connectivity index (χ4v) is 1.82. The van der Waals surface area contributed by atoms with Crippen LogP contribution in [0.5, 0.6) is 0 Å². The molecule has 1 aromatic rings. The molecule has 1 aromatic heterocycles. The summed E-state index contributed by atoms with van der Waals surface area (Å²) in [6.45, 7) is 8.54. The van der Waals surface area contributed by atoms with Crippen LogP contribution >= 0.6 is 0 Å². The summed E-state index contributed by atoms with van der Waals surface area (Å²) in [4.78, 5) is 10.8. The van der Waals surface area contributed by atoms with Gasteiger partial charge in [0.1, 0.15) is 5.82 Å². The van der Waals surface area contributed by atoms with Crippen LogP contribution in [0, 0.1) is 5.92 Å². The highest BCUT2D eigenvalue weighted by Crippen LogP contribution is 2.16. The van der Waals surface area contributed by atoms with Gasteiger partial charge in [-0.1, -0.05) is 26.7 Å². The minimum absolute atomic E-state index is 0.602. The second kappa shape index (κ2) is 7.06. The van der Waals surface area contributed by atoms with E-state index in [0.29, 0.717) is 11.7 Å². The van der Waals surface area contributed by atoms with Gasteiger partial charge in [0, 0.05) is 13.1 Å². The summed E-state index contributed by atoms with van der Waals surface area (Å²) in [6.07, 6.45) is 5.78. The molecule has 96 valence electrons. The lowest BCUT2D eigenvalue weighted by atomic mass is 10.0. The van der Waals surface area contributed by atoms with Crippen LogP contribution < -0.4 is 16.2 Å². The topological polar surface area (TPSA) is 67.1 Å². The van der Waals surface area contributed by atoms with Gasteiger partial charge in [-0.25, -0.2) is 10.8 Å². The number of nitrogens with two attached hydrogens (primary N) is 1. The molecule has 0 aliphatic heterocycles. The van der Waals surface area contributed by atoms with Crippen LogP contribution in [-0.4, -0.2) is 23.1 Å². The molecular formula is C12H23N5. The Morgan fingerprint density at radius 1 is 1.29 bits per heavy atom. The Bertz CT molecular complexity index is 324. The summed E-state index contributed by atoms with van der Waals surface area (Å²) < 4.78 is 0. The zero-order chi connectivity index (χ0) is 12.7. The van der Waals surface area contributed by atoms with Crippen molar-refractivity contribution in [2.45, 2.75) is 33.6 Å². The number of nitrogens with one attached hydrogen (secondary N) is 1. The lowest BCUT2D eigenvalue weighted by Gasteiger charge is -2.26. The standard InChI is InChI=1S/C12H23N5/c1-4-10(5-2)9-17(6-3)12-8-14-7-11(15-12)16-13/h7-8,10H,4-6,9,13H2,1-3H3,(H,15,16). The summed E-state index contributed by atoms with van der Waals surface area (Å²) in [6, 6.07) is 0. The number of anilines is 2. The molecule has 1 heterocycles. The fraction of sp³-hybridized carbons (Fsp3) is 0.667. The highest BCUT2D eigenvalue weighted by Gasteiger charge is 2.12. The van der Waals surface area contributed by atoms with Gasteiger partial charge >= 0.3 is 0 Å². The maximum Gasteiger partial charge on any atom is 0.160 e. The van der Waals surface area contributed by atoms with Gasteiger partial charge in [0.2, 0.25) is 0 Å². The van der Waals surface area contributed by atoms with Gasteiger partial charge < -0.3 is 10.3 Å². The molecule has 0 saturated carbocycles. The first kappa shape index (κ1) is 13.7. The third-order valence-corrected chi connectivity index (χ3v) is 3.11. The summed E-state index contributed by atoms with van der Waals surface area (Å²) in [5.41, 5.74) is 2.53. The predicted octanol–water partition coefficient (Wildman–Crippen LogP) is 2.02. The predicted molar refractivity (Wildman–Crippen MR) is 71.8 cm³/mol. The molecule has 5 heteroatoms. The lowest BCUT2D eigenvalue weighted by molar-refractivity contribution is 0.484. The SMILES string of the molecule is CCC(CC)CN(CC)c1cncc(NN)n1. The maximum atomic E-state index is 5.34.